The maximum absolute atomic E-state index is 13.0. The zero-order valence-corrected chi connectivity index (χ0v) is 11.0. The van der Waals surface area contributed by atoms with Crippen molar-refractivity contribution in [2.75, 3.05) is 25.7 Å². The molecule has 0 aromatic carbocycles. The Labute approximate surface area is 99.2 Å². The summed E-state index contributed by atoms with van der Waals surface area (Å²) in [6, 6.07) is 0. The lowest BCUT2D eigenvalue weighted by atomic mass is 10.2. The quantitative estimate of drug-likeness (QED) is 0.601. The molecule has 0 aliphatic carbocycles. The first-order valence-corrected chi connectivity index (χ1v) is 8.11. The molecule has 0 bridgehead atoms. The summed E-state index contributed by atoms with van der Waals surface area (Å²) in [5, 5.41) is 0. The summed E-state index contributed by atoms with van der Waals surface area (Å²) in [7, 11) is -7.50. The molecule has 0 spiro atoms. The predicted molar refractivity (Wildman–Crippen MR) is 55.8 cm³/mol. The second-order valence-electron chi connectivity index (χ2n) is 3.41. The molecule has 0 rings (SSSR count). The molecule has 0 N–H and O–H groups in total. The third-order valence-corrected chi connectivity index (χ3v) is 2.72. The molecule has 0 heterocycles. The van der Waals surface area contributed by atoms with Gasteiger partial charge in [-0.1, -0.05) is 0 Å². The van der Waals surface area contributed by atoms with Gasteiger partial charge in [0.15, 0.2) is 0 Å². The number of alkyl halides is 2. The van der Waals surface area contributed by atoms with Crippen LogP contribution < -0.4 is 0 Å². The van der Waals surface area contributed by atoms with Crippen LogP contribution in [0.1, 0.15) is 12.8 Å². The SMILES string of the molecule is CS(=O)(=O)OCCC(F)(F)CCOS(C)(=O)=O. The van der Waals surface area contributed by atoms with E-state index in [0.717, 1.165) is 12.5 Å². The zero-order valence-electron chi connectivity index (χ0n) is 9.35. The fraction of sp³-hybridized carbons (Fsp3) is 1.00. The van der Waals surface area contributed by atoms with Crippen molar-refractivity contribution >= 4 is 20.2 Å². The van der Waals surface area contributed by atoms with Gasteiger partial charge in [-0.25, -0.2) is 8.78 Å². The molecule has 10 heteroatoms. The van der Waals surface area contributed by atoms with Crippen LogP contribution in [0.3, 0.4) is 0 Å². The summed E-state index contributed by atoms with van der Waals surface area (Å²) < 4.78 is 76.3. The van der Waals surface area contributed by atoms with Crippen LogP contribution in [0.15, 0.2) is 0 Å². The third-order valence-electron chi connectivity index (χ3n) is 1.53. The standard InChI is InChI=1S/C7H14F2O6S2/c1-16(10,11)14-5-3-7(8,9)4-6-15-17(2,12)13/h3-6H2,1-2H3. The molecule has 0 atom stereocenters. The summed E-state index contributed by atoms with van der Waals surface area (Å²) >= 11 is 0. The van der Waals surface area contributed by atoms with Crippen molar-refractivity contribution in [3.63, 3.8) is 0 Å². The molecule has 0 radical (unpaired) electrons. The van der Waals surface area contributed by atoms with Gasteiger partial charge in [-0.2, -0.15) is 16.8 Å². The highest BCUT2D eigenvalue weighted by molar-refractivity contribution is 7.86. The predicted octanol–water partition coefficient (Wildman–Crippen LogP) is 0.354. The first-order chi connectivity index (χ1) is 7.41. The molecule has 0 saturated heterocycles. The molecule has 0 unspecified atom stereocenters. The fourth-order valence-corrected chi connectivity index (χ4v) is 1.58. The summed E-state index contributed by atoms with van der Waals surface area (Å²) in [6.45, 7) is -1.32. The van der Waals surface area contributed by atoms with Gasteiger partial charge in [-0.15, -0.1) is 0 Å². The molecule has 0 saturated carbocycles. The monoisotopic (exact) mass is 296 g/mol. The Bertz CT molecular complexity index is 387. The van der Waals surface area contributed by atoms with E-state index in [1.807, 2.05) is 0 Å². The lowest BCUT2D eigenvalue weighted by Gasteiger charge is -2.15. The van der Waals surface area contributed by atoms with Gasteiger partial charge in [0.05, 0.1) is 25.7 Å². The molecule has 0 aliphatic rings. The summed E-state index contributed by atoms with van der Waals surface area (Å²) in [5.74, 6) is -3.24. The Morgan fingerprint density at radius 3 is 1.41 bits per heavy atom. The minimum absolute atomic E-state index is 0.662. The summed E-state index contributed by atoms with van der Waals surface area (Å²) in [6.07, 6.45) is -0.157. The van der Waals surface area contributed by atoms with E-state index < -0.39 is 52.2 Å². The van der Waals surface area contributed by atoms with Gasteiger partial charge in [0.25, 0.3) is 26.2 Å². The average Bonchev–Trinajstić information content (AvgIpc) is 1.96. The molecule has 0 aromatic heterocycles. The Hall–Kier alpha value is -0.320. The number of halogens is 2. The van der Waals surface area contributed by atoms with Gasteiger partial charge in [-0.05, 0) is 0 Å². The van der Waals surface area contributed by atoms with Crippen molar-refractivity contribution in [1.82, 2.24) is 0 Å². The highest BCUT2D eigenvalue weighted by atomic mass is 32.2. The van der Waals surface area contributed by atoms with Gasteiger partial charge in [0.2, 0.25) is 0 Å². The van der Waals surface area contributed by atoms with E-state index in [1.165, 1.54) is 0 Å². The topological polar surface area (TPSA) is 86.7 Å². The lowest BCUT2D eigenvalue weighted by Crippen LogP contribution is -2.22. The summed E-state index contributed by atoms with van der Waals surface area (Å²) in [5.41, 5.74) is 0. The normalized spacial score (nSPS) is 13.9. The highest BCUT2D eigenvalue weighted by Gasteiger charge is 2.29. The van der Waals surface area contributed by atoms with E-state index >= 15 is 0 Å². The maximum Gasteiger partial charge on any atom is 0.264 e. The second-order valence-corrected chi connectivity index (χ2v) is 6.70. The van der Waals surface area contributed by atoms with Crippen LogP contribution >= 0.6 is 0 Å². The van der Waals surface area contributed by atoms with Crippen molar-refractivity contribution in [3.05, 3.63) is 0 Å². The molecule has 6 nitrogen and oxygen atoms in total. The smallest absolute Gasteiger partial charge is 0.264 e. The molecule has 0 amide bonds. The summed E-state index contributed by atoms with van der Waals surface area (Å²) in [4.78, 5) is 0. The van der Waals surface area contributed by atoms with Crippen LogP contribution in [-0.2, 0) is 28.6 Å². The maximum atomic E-state index is 13.0. The second kappa shape index (κ2) is 6.03. The van der Waals surface area contributed by atoms with E-state index in [1.54, 1.807) is 0 Å². The number of hydrogen-bond acceptors (Lipinski definition) is 6. The molecule has 0 aromatic rings. The van der Waals surface area contributed by atoms with Crippen molar-refractivity contribution in [2.24, 2.45) is 0 Å². The van der Waals surface area contributed by atoms with Crippen molar-refractivity contribution in [2.45, 2.75) is 18.8 Å². The van der Waals surface area contributed by atoms with Crippen molar-refractivity contribution in [1.29, 1.82) is 0 Å². The van der Waals surface area contributed by atoms with Gasteiger partial charge in [-0.3, -0.25) is 8.37 Å². The molecular formula is C7H14F2O6S2. The van der Waals surface area contributed by atoms with Crippen LogP contribution in [0.25, 0.3) is 0 Å². The Balaban J connectivity index is 3.96. The molecule has 0 fully saturated rings. The van der Waals surface area contributed by atoms with Crippen LogP contribution in [0.4, 0.5) is 8.78 Å². The zero-order chi connectivity index (χ0) is 13.7. The van der Waals surface area contributed by atoms with Crippen molar-refractivity contribution < 1.29 is 34.0 Å². The van der Waals surface area contributed by atoms with Gasteiger partial charge < -0.3 is 0 Å². The van der Waals surface area contributed by atoms with E-state index in [-0.39, 0.29) is 0 Å². The molecular weight excluding hydrogens is 282 g/mol. The Morgan fingerprint density at radius 2 is 1.18 bits per heavy atom. The third kappa shape index (κ3) is 11.9. The average molecular weight is 296 g/mol. The highest BCUT2D eigenvalue weighted by Crippen LogP contribution is 2.23. The minimum Gasteiger partial charge on any atom is -0.270 e. The van der Waals surface area contributed by atoms with Gasteiger partial charge in [0.1, 0.15) is 0 Å². The fourth-order valence-electron chi connectivity index (χ4n) is 0.810. The van der Waals surface area contributed by atoms with Crippen LogP contribution in [0.5, 0.6) is 0 Å². The minimum atomic E-state index is -3.75. The first kappa shape index (κ1) is 16.7. The van der Waals surface area contributed by atoms with E-state index in [9.17, 15) is 25.6 Å². The molecule has 104 valence electrons. The number of hydrogen-bond donors (Lipinski definition) is 0. The van der Waals surface area contributed by atoms with E-state index in [0.29, 0.717) is 0 Å². The van der Waals surface area contributed by atoms with Crippen molar-refractivity contribution in [3.8, 4) is 0 Å². The van der Waals surface area contributed by atoms with Crippen LogP contribution in [0, 0.1) is 0 Å². The van der Waals surface area contributed by atoms with E-state index in [2.05, 4.69) is 8.37 Å². The van der Waals surface area contributed by atoms with Gasteiger partial charge >= 0.3 is 0 Å². The Kier molecular flexibility index (Phi) is 5.91. The Morgan fingerprint density at radius 1 is 0.882 bits per heavy atom. The molecule has 0 aliphatic heterocycles. The molecule has 17 heavy (non-hydrogen) atoms. The van der Waals surface area contributed by atoms with E-state index in [4.69, 9.17) is 0 Å². The number of rotatable bonds is 8. The van der Waals surface area contributed by atoms with Gasteiger partial charge in [0, 0.05) is 12.8 Å². The largest absolute Gasteiger partial charge is 0.270 e. The lowest BCUT2D eigenvalue weighted by molar-refractivity contribution is -0.0341. The van der Waals surface area contributed by atoms with Crippen LogP contribution in [-0.4, -0.2) is 48.5 Å². The van der Waals surface area contributed by atoms with Crippen LogP contribution in [0.2, 0.25) is 0 Å². The first-order valence-electron chi connectivity index (χ1n) is 4.48.